The van der Waals surface area contributed by atoms with Crippen LogP contribution in [0.5, 0.6) is 5.75 Å². The molecule has 1 aromatic heterocycles. The molecule has 0 fully saturated rings. The lowest BCUT2D eigenvalue weighted by Gasteiger charge is -2.21. The van der Waals surface area contributed by atoms with E-state index in [2.05, 4.69) is 10.2 Å². The highest BCUT2D eigenvalue weighted by Crippen LogP contribution is 2.34. The lowest BCUT2D eigenvalue weighted by Crippen LogP contribution is -2.14. The van der Waals surface area contributed by atoms with Crippen LogP contribution in [0.4, 0.5) is 0 Å². The van der Waals surface area contributed by atoms with Gasteiger partial charge in [0.15, 0.2) is 6.79 Å². The summed E-state index contributed by atoms with van der Waals surface area (Å²) in [6.07, 6.45) is 0. The Labute approximate surface area is 153 Å². The number of rotatable bonds is 5. The van der Waals surface area contributed by atoms with E-state index in [-0.39, 0.29) is 12.4 Å². The number of benzene rings is 2. The molecular formula is C18H14N2O5S. The van der Waals surface area contributed by atoms with E-state index in [1.807, 2.05) is 30.3 Å². The maximum absolute atomic E-state index is 11.3. The summed E-state index contributed by atoms with van der Waals surface area (Å²) in [5.74, 6) is 0.559. The van der Waals surface area contributed by atoms with Gasteiger partial charge in [-0.3, -0.25) is 0 Å². The molecule has 8 heteroatoms. The summed E-state index contributed by atoms with van der Waals surface area (Å²) in [5.41, 5.74) is 2.52. The Morgan fingerprint density at radius 2 is 2.04 bits per heavy atom. The average Bonchev–Trinajstić information content (AvgIpc) is 3.15. The zero-order valence-electron chi connectivity index (χ0n) is 13.5. The molecule has 0 unspecified atom stereocenters. The first-order chi connectivity index (χ1) is 12.7. The van der Waals surface area contributed by atoms with Gasteiger partial charge in [-0.25, -0.2) is 4.79 Å². The fraction of sp³-hybridized carbons (Fsp3) is 0.167. The molecule has 0 spiro atoms. The topological polar surface area (TPSA) is 94.7 Å². The van der Waals surface area contributed by atoms with E-state index < -0.39 is 5.97 Å². The molecule has 7 nitrogen and oxygen atoms in total. The molecule has 3 aromatic rings. The highest BCUT2D eigenvalue weighted by atomic mass is 32.2. The number of hydrogen-bond donors (Lipinski definition) is 1. The number of carboxylic acid groups (broad SMARTS) is 1. The van der Waals surface area contributed by atoms with E-state index in [4.69, 9.17) is 13.9 Å². The normalized spacial score (nSPS) is 13.1. The van der Waals surface area contributed by atoms with E-state index in [0.29, 0.717) is 29.2 Å². The largest absolute Gasteiger partial charge is 0.478 e. The lowest BCUT2D eigenvalue weighted by molar-refractivity contribution is -0.0169. The standard InChI is InChI=1S/C18H14N2O5S/c21-17(22)12-6-13-8-23-10-24-15(13)14(7-12)9-26-18-20-19-16(25-18)11-4-2-1-3-5-11/h1-7H,8-10H2,(H,21,22). The summed E-state index contributed by atoms with van der Waals surface area (Å²) in [5, 5.41) is 17.8. The van der Waals surface area contributed by atoms with E-state index in [9.17, 15) is 9.90 Å². The molecule has 0 amide bonds. The molecule has 2 aromatic carbocycles. The van der Waals surface area contributed by atoms with E-state index >= 15 is 0 Å². The van der Waals surface area contributed by atoms with Crippen LogP contribution in [-0.2, 0) is 17.1 Å². The third kappa shape index (κ3) is 3.42. The Balaban J connectivity index is 1.55. The van der Waals surface area contributed by atoms with Gasteiger partial charge in [-0.15, -0.1) is 10.2 Å². The first-order valence-electron chi connectivity index (χ1n) is 7.82. The third-order valence-corrected chi connectivity index (χ3v) is 4.68. The van der Waals surface area contributed by atoms with Crippen molar-refractivity contribution in [2.75, 3.05) is 6.79 Å². The highest BCUT2D eigenvalue weighted by Gasteiger charge is 2.20. The van der Waals surface area contributed by atoms with Crippen molar-refractivity contribution in [1.29, 1.82) is 0 Å². The predicted octanol–water partition coefficient (Wildman–Crippen LogP) is 3.59. The molecule has 26 heavy (non-hydrogen) atoms. The quantitative estimate of drug-likeness (QED) is 0.681. The predicted molar refractivity (Wildman–Crippen MR) is 93.0 cm³/mol. The van der Waals surface area contributed by atoms with Crippen LogP contribution < -0.4 is 4.74 Å². The number of carboxylic acids is 1. The minimum Gasteiger partial charge on any atom is -0.478 e. The van der Waals surface area contributed by atoms with Crippen LogP contribution in [0.25, 0.3) is 11.5 Å². The van der Waals surface area contributed by atoms with Gasteiger partial charge < -0.3 is 19.0 Å². The Kier molecular flexibility index (Phi) is 4.59. The van der Waals surface area contributed by atoms with Crippen molar-refractivity contribution in [1.82, 2.24) is 10.2 Å². The van der Waals surface area contributed by atoms with Gasteiger partial charge in [0.2, 0.25) is 5.89 Å². The summed E-state index contributed by atoms with van der Waals surface area (Å²) < 4.78 is 16.5. The van der Waals surface area contributed by atoms with Gasteiger partial charge in [0.1, 0.15) is 5.75 Å². The van der Waals surface area contributed by atoms with Gasteiger partial charge in [0, 0.05) is 22.4 Å². The van der Waals surface area contributed by atoms with Gasteiger partial charge in [-0.05, 0) is 24.3 Å². The molecule has 0 radical (unpaired) electrons. The zero-order chi connectivity index (χ0) is 17.9. The Morgan fingerprint density at radius 3 is 2.85 bits per heavy atom. The van der Waals surface area contributed by atoms with Crippen molar-refractivity contribution < 1.29 is 23.8 Å². The number of aromatic nitrogens is 2. The van der Waals surface area contributed by atoms with Crippen molar-refractivity contribution in [3.05, 3.63) is 59.2 Å². The van der Waals surface area contributed by atoms with Gasteiger partial charge in [-0.2, -0.15) is 0 Å². The second-order valence-electron chi connectivity index (χ2n) is 5.57. The van der Waals surface area contributed by atoms with Crippen molar-refractivity contribution in [3.63, 3.8) is 0 Å². The summed E-state index contributed by atoms with van der Waals surface area (Å²) >= 11 is 1.33. The third-order valence-electron chi connectivity index (χ3n) is 3.81. The molecule has 2 heterocycles. The van der Waals surface area contributed by atoms with Gasteiger partial charge in [0.05, 0.1) is 12.2 Å². The smallest absolute Gasteiger partial charge is 0.335 e. The van der Waals surface area contributed by atoms with Crippen LogP contribution >= 0.6 is 11.8 Å². The van der Waals surface area contributed by atoms with Crippen LogP contribution in [0.3, 0.4) is 0 Å². The second kappa shape index (κ2) is 7.19. The molecule has 0 aliphatic carbocycles. The van der Waals surface area contributed by atoms with Crippen LogP contribution in [-0.4, -0.2) is 28.1 Å². The number of ether oxygens (including phenoxy) is 2. The fourth-order valence-corrected chi connectivity index (χ4v) is 3.36. The first kappa shape index (κ1) is 16.6. The molecule has 4 rings (SSSR count). The van der Waals surface area contributed by atoms with Crippen LogP contribution in [0.2, 0.25) is 0 Å². The number of thioether (sulfide) groups is 1. The van der Waals surface area contributed by atoms with Crippen molar-refractivity contribution in [3.8, 4) is 17.2 Å². The second-order valence-corrected chi connectivity index (χ2v) is 6.49. The summed E-state index contributed by atoms with van der Waals surface area (Å²) in [4.78, 5) is 11.3. The monoisotopic (exact) mass is 370 g/mol. The number of fused-ring (bicyclic) bond motifs is 1. The van der Waals surface area contributed by atoms with E-state index in [0.717, 1.165) is 16.7 Å². The average molecular weight is 370 g/mol. The molecule has 1 aliphatic rings. The number of aromatic carboxylic acids is 1. The molecular weight excluding hydrogens is 356 g/mol. The molecule has 0 saturated carbocycles. The Bertz CT molecular complexity index is 942. The van der Waals surface area contributed by atoms with E-state index in [1.165, 1.54) is 11.8 Å². The summed E-state index contributed by atoms with van der Waals surface area (Å²) in [7, 11) is 0. The fourth-order valence-electron chi connectivity index (χ4n) is 2.63. The van der Waals surface area contributed by atoms with E-state index in [1.54, 1.807) is 12.1 Å². The molecule has 0 bridgehead atoms. The molecule has 1 N–H and O–H groups in total. The number of hydrogen-bond acceptors (Lipinski definition) is 7. The zero-order valence-corrected chi connectivity index (χ0v) is 14.4. The Hall–Kier alpha value is -2.84. The summed E-state index contributed by atoms with van der Waals surface area (Å²) in [6, 6.07) is 12.7. The number of nitrogens with zero attached hydrogens (tertiary/aromatic N) is 2. The van der Waals surface area contributed by atoms with Crippen LogP contribution in [0.1, 0.15) is 21.5 Å². The van der Waals surface area contributed by atoms with Crippen molar-refractivity contribution >= 4 is 17.7 Å². The van der Waals surface area contributed by atoms with Crippen molar-refractivity contribution in [2.24, 2.45) is 0 Å². The van der Waals surface area contributed by atoms with Crippen LogP contribution in [0.15, 0.2) is 52.1 Å². The van der Waals surface area contributed by atoms with Crippen molar-refractivity contribution in [2.45, 2.75) is 17.6 Å². The highest BCUT2D eigenvalue weighted by molar-refractivity contribution is 7.98. The van der Waals surface area contributed by atoms with Gasteiger partial charge >= 0.3 is 5.97 Å². The maximum Gasteiger partial charge on any atom is 0.335 e. The van der Waals surface area contributed by atoms with Gasteiger partial charge in [0.25, 0.3) is 5.22 Å². The van der Waals surface area contributed by atoms with Crippen LogP contribution in [0, 0.1) is 0 Å². The molecule has 0 atom stereocenters. The summed E-state index contributed by atoms with van der Waals surface area (Å²) in [6.45, 7) is 0.475. The molecule has 0 saturated heterocycles. The minimum absolute atomic E-state index is 0.149. The molecule has 1 aliphatic heterocycles. The first-order valence-corrected chi connectivity index (χ1v) is 8.80. The SMILES string of the molecule is O=C(O)c1cc2c(c(CSc3nnc(-c4ccccc4)o3)c1)OCOC2. The molecule has 132 valence electrons. The maximum atomic E-state index is 11.3. The number of carbonyl (C=O) groups is 1. The Morgan fingerprint density at radius 1 is 1.19 bits per heavy atom. The minimum atomic E-state index is -0.992. The lowest BCUT2D eigenvalue weighted by atomic mass is 10.0. The van der Waals surface area contributed by atoms with Gasteiger partial charge in [-0.1, -0.05) is 30.0 Å².